The van der Waals surface area contributed by atoms with Crippen LogP contribution in [0.3, 0.4) is 0 Å². The Hall–Kier alpha value is -2.72. The van der Waals surface area contributed by atoms with Crippen molar-refractivity contribution < 1.29 is 31.5 Å². The van der Waals surface area contributed by atoms with Crippen molar-refractivity contribution in [2.45, 2.75) is 17.0 Å². The summed E-state index contributed by atoms with van der Waals surface area (Å²) < 4.78 is 62.9. The van der Waals surface area contributed by atoms with Crippen molar-refractivity contribution in [3.05, 3.63) is 70.7 Å². The lowest BCUT2D eigenvalue weighted by atomic mass is 10.1. The standard InChI is InChI=1S/C18H12F3NO4S2/c19-18(20,21)13-6-7-15(22-9-13)28(25,26)10-12-8-14(27-16(12)17(23)24)11-4-2-1-3-5-11/h1-9H,10H2,(H,23,24). The molecule has 0 atom stereocenters. The van der Waals surface area contributed by atoms with E-state index in [9.17, 15) is 31.5 Å². The van der Waals surface area contributed by atoms with Gasteiger partial charge in [-0.15, -0.1) is 11.3 Å². The predicted octanol–water partition coefficient (Wildman–Crippen LogP) is 4.50. The molecule has 0 spiro atoms. The van der Waals surface area contributed by atoms with Gasteiger partial charge in [0.15, 0.2) is 14.9 Å². The molecule has 0 saturated heterocycles. The number of benzene rings is 1. The number of thiophene rings is 1. The Labute approximate surface area is 162 Å². The Balaban J connectivity index is 1.96. The lowest BCUT2D eigenvalue weighted by molar-refractivity contribution is -0.137. The molecule has 2 heterocycles. The molecule has 3 aromatic rings. The van der Waals surface area contributed by atoms with Gasteiger partial charge in [0, 0.05) is 11.1 Å². The van der Waals surface area contributed by atoms with Gasteiger partial charge in [-0.05, 0) is 29.3 Å². The van der Waals surface area contributed by atoms with Crippen LogP contribution in [0.2, 0.25) is 0 Å². The number of rotatable bonds is 5. The number of alkyl halides is 3. The van der Waals surface area contributed by atoms with Gasteiger partial charge >= 0.3 is 12.1 Å². The van der Waals surface area contributed by atoms with Crippen molar-refractivity contribution >= 4 is 27.1 Å². The van der Waals surface area contributed by atoms with E-state index in [2.05, 4.69) is 4.98 Å². The van der Waals surface area contributed by atoms with Crippen LogP contribution in [0.4, 0.5) is 13.2 Å². The van der Waals surface area contributed by atoms with Crippen LogP contribution >= 0.6 is 11.3 Å². The van der Waals surface area contributed by atoms with E-state index in [4.69, 9.17) is 0 Å². The van der Waals surface area contributed by atoms with Crippen LogP contribution in [0, 0.1) is 0 Å². The first-order chi connectivity index (χ1) is 13.1. The summed E-state index contributed by atoms with van der Waals surface area (Å²) in [5.41, 5.74) is -0.288. The predicted molar refractivity (Wildman–Crippen MR) is 96.8 cm³/mol. The maximum Gasteiger partial charge on any atom is 0.417 e. The highest BCUT2D eigenvalue weighted by atomic mass is 32.2. The number of hydrogen-bond acceptors (Lipinski definition) is 5. The van der Waals surface area contributed by atoms with Crippen molar-refractivity contribution in [2.24, 2.45) is 0 Å². The number of hydrogen-bond donors (Lipinski definition) is 1. The van der Waals surface area contributed by atoms with Crippen LogP contribution in [0.5, 0.6) is 0 Å². The fourth-order valence-corrected chi connectivity index (χ4v) is 4.86. The van der Waals surface area contributed by atoms with Crippen LogP contribution in [0.1, 0.15) is 20.8 Å². The SMILES string of the molecule is O=C(O)c1sc(-c2ccccc2)cc1CS(=O)(=O)c1ccc(C(F)(F)F)cn1. The third-order valence-electron chi connectivity index (χ3n) is 3.79. The molecule has 146 valence electrons. The number of halogens is 3. The van der Waals surface area contributed by atoms with Crippen LogP contribution < -0.4 is 0 Å². The van der Waals surface area contributed by atoms with Gasteiger partial charge in [-0.1, -0.05) is 30.3 Å². The quantitative estimate of drug-likeness (QED) is 0.648. The molecule has 0 bridgehead atoms. The topological polar surface area (TPSA) is 84.3 Å². The van der Waals surface area contributed by atoms with Gasteiger partial charge in [0.25, 0.3) is 0 Å². The monoisotopic (exact) mass is 427 g/mol. The molecule has 2 aromatic heterocycles. The van der Waals surface area contributed by atoms with Crippen LogP contribution in [0.15, 0.2) is 59.8 Å². The molecule has 0 aliphatic rings. The molecule has 1 aromatic carbocycles. The molecule has 0 aliphatic carbocycles. The third kappa shape index (κ3) is 4.23. The molecule has 28 heavy (non-hydrogen) atoms. The van der Waals surface area contributed by atoms with Gasteiger partial charge in [-0.25, -0.2) is 18.2 Å². The number of pyridine rings is 1. The van der Waals surface area contributed by atoms with Crippen molar-refractivity contribution in [1.82, 2.24) is 4.98 Å². The summed E-state index contributed by atoms with van der Waals surface area (Å²) in [6, 6.07) is 11.7. The average molecular weight is 427 g/mol. The van der Waals surface area contributed by atoms with E-state index in [1.54, 1.807) is 30.3 Å². The molecular formula is C18H12F3NO4S2. The van der Waals surface area contributed by atoms with Gasteiger partial charge in [-0.3, -0.25) is 0 Å². The summed E-state index contributed by atoms with van der Waals surface area (Å²) in [4.78, 5) is 15.3. The molecule has 0 saturated carbocycles. The molecule has 3 rings (SSSR count). The maximum absolute atomic E-state index is 12.6. The van der Waals surface area contributed by atoms with Gasteiger partial charge in [0.1, 0.15) is 4.88 Å². The minimum Gasteiger partial charge on any atom is -0.477 e. The van der Waals surface area contributed by atoms with Gasteiger partial charge in [0.05, 0.1) is 11.3 Å². The lowest BCUT2D eigenvalue weighted by Gasteiger charge is -2.07. The zero-order valence-electron chi connectivity index (χ0n) is 14.0. The lowest BCUT2D eigenvalue weighted by Crippen LogP contribution is -2.11. The van der Waals surface area contributed by atoms with Crippen LogP contribution in [-0.4, -0.2) is 24.5 Å². The van der Waals surface area contributed by atoms with Gasteiger partial charge < -0.3 is 5.11 Å². The molecule has 0 unspecified atom stereocenters. The molecular weight excluding hydrogens is 415 g/mol. The second-order valence-corrected chi connectivity index (χ2v) is 8.77. The highest BCUT2D eigenvalue weighted by Crippen LogP contribution is 2.34. The minimum absolute atomic E-state index is 0.0538. The molecule has 5 nitrogen and oxygen atoms in total. The fourth-order valence-electron chi connectivity index (χ4n) is 2.47. The smallest absolute Gasteiger partial charge is 0.417 e. The summed E-state index contributed by atoms with van der Waals surface area (Å²) in [6.45, 7) is 0. The first kappa shape index (κ1) is 20.0. The first-order valence-corrected chi connectivity index (χ1v) is 10.2. The Bertz CT molecular complexity index is 1110. The first-order valence-electron chi connectivity index (χ1n) is 7.75. The summed E-state index contributed by atoms with van der Waals surface area (Å²) in [6.07, 6.45) is -4.20. The highest BCUT2D eigenvalue weighted by Gasteiger charge is 2.31. The van der Waals surface area contributed by atoms with E-state index < -0.39 is 38.3 Å². The zero-order chi connectivity index (χ0) is 20.5. The van der Waals surface area contributed by atoms with E-state index in [-0.39, 0.29) is 10.4 Å². The van der Waals surface area contributed by atoms with Crippen molar-refractivity contribution in [2.75, 3.05) is 0 Å². The van der Waals surface area contributed by atoms with E-state index in [0.717, 1.165) is 23.0 Å². The Morgan fingerprint density at radius 3 is 2.32 bits per heavy atom. The Morgan fingerprint density at radius 2 is 1.79 bits per heavy atom. The Kier molecular flexibility index (Phi) is 5.26. The fraction of sp³-hybridized carbons (Fsp3) is 0.111. The molecule has 1 N–H and O–H groups in total. The van der Waals surface area contributed by atoms with E-state index >= 15 is 0 Å². The van der Waals surface area contributed by atoms with Gasteiger partial charge in [0.2, 0.25) is 0 Å². The van der Waals surface area contributed by atoms with E-state index in [1.165, 1.54) is 6.07 Å². The number of nitrogens with zero attached hydrogens (tertiary/aromatic N) is 1. The van der Waals surface area contributed by atoms with Crippen LogP contribution in [-0.2, 0) is 21.8 Å². The number of carbonyl (C=O) groups is 1. The van der Waals surface area contributed by atoms with E-state index in [1.807, 2.05) is 0 Å². The molecule has 0 amide bonds. The van der Waals surface area contributed by atoms with Crippen LogP contribution in [0.25, 0.3) is 10.4 Å². The summed E-state index contributed by atoms with van der Waals surface area (Å²) in [5.74, 6) is -1.96. The summed E-state index contributed by atoms with van der Waals surface area (Å²) in [5, 5.41) is 8.84. The average Bonchev–Trinajstić information content (AvgIpc) is 3.05. The second kappa shape index (κ2) is 7.36. The number of aromatic carboxylic acids is 1. The molecule has 0 aliphatic heterocycles. The number of carboxylic acids is 1. The number of aromatic nitrogens is 1. The second-order valence-electron chi connectivity index (χ2n) is 5.78. The van der Waals surface area contributed by atoms with Crippen molar-refractivity contribution in [3.63, 3.8) is 0 Å². The number of carboxylic acid groups (broad SMARTS) is 1. The Morgan fingerprint density at radius 1 is 1.11 bits per heavy atom. The molecule has 10 heteroatoms. The summed E-state index contributed by atoms with van der Waals surface area (Å²) >= 11 is 0.929. The molecule has 0 fully saturated rings. The number of sulfone groups is 1. The highest BCUT2D eigenvalue weighted by molar-refractivity contribution is 7.90. The third-order valence-corrected chi connectivity index (χ3v) is 6.57. The van der Waals surface area contributed by atoms with E-state index in [0.29, 0.717) is 17.1 Å². The summed E-state index contributed by atoms with van der Waals surface area (Å²) in [7, 11) is -4.14. The van der Waals surface area contributed by atoms with Crippen molar-refractivity contribution in [1.29, 1.82) is 0 Å². The van der Waals surface area contributed by atoms with Gasteiger partial charge in [-0.2, -0.15) is 13.2 Å². The largest absolute Gasteiger partial charge is 0.477 e. The minimum atomic E-state index is -4.64. The molecule has 0 radical (unpaired) electrons. The normalized spacial score (nSPS) is 12.1. The zero-order valence-corrected chi connectivity index (χ0v) is 15.6. The maximum atomic E-state index is 12.6. The van der Waals surface area contributed by atoms with Crippen molar-refractivity contribution in [3.8, 4) is 10.4 Å².